The first kappa shape index (κ1) is 17.4. The highest BCUT2D eigenvalue weighted by molar-refractivity contribution is 5.96. The van der Waals surface area contributed by atoms with Crippen LogP contribution in [0, 0.1) is 0 Å². The van der Waals surface area contributed by atoms with Gasteiger partial charge in [0, 0.05) is 18.6 Å². The maximum Gasteiger partial charge on any atom is 0.427 e. The molecule has 0 saturated heterocycles. The number of pyridine rings is 1. The zero-order valence-corrected chi connectivity index (χ0v) is 11.5. The van der Waals surface area contributed by atoms with Crippen LogP contribution in [0.25, 0.3) is 0 Å². The summed E-state index contributed by atoms with van der Waals surface area (Å²) >= 11 is 0. The zero-order chi connectivity index (χ0) is 16.6. The van der Waals surface area contributed by atoms with Crippen LogP contribution in [0.5, 0.6) is 0 Å². The highest BCUT2D eigenvalue weighted by atomic mass is 19.4. The number of nitrogens with zero attached hydrogens (tertiary/aromatic N) is 2. The number of hydrogen-bond donors (Lipinski definition) is 2. The Kier molecular flexibility index (Phi) is 6.29. The Hall–Kier alpha value is -2.65. The van der Waals surface area contributed by atoms with E-state index in [0.29, 0.717) is 6.07 Å². The Morgan fingerprint density at radius 3 is 2.82 bits per heavy atom. The fraction of sp³-hybridized carbons (Fsp3) is 0.333. The van der Waals surface area contributed by atoms with Gasteiger partial charge in [-0.3, -0.25) is 9.78 Å². The van der Waals surface area contributed by atoms with Crippen molar-refractivity contribution in [2.45, 2.75) is 13.1 Å². The van der Waals surface area contributed by atoms with Crippen LogP contribution < -0.4 is 10.7 Å². The van der Waals surface area contributed by atoms with Crippen LogP contribution in [0.3, 0.4) is 0 Å². The molecule has 0 aliphatic rings. The molecule has 0 aliphatic carbocycles. The maximum atomic E-state index is 12.7. The van der Waals surface area contributed by atoms with Gasteiger partial charge in [-0.25, -0.2) is 10.2 Å². The van der Waals surface area contributed by atoms with Gasteiger partial charge < -0.3 is 10.1 Å². The lowest BCUT2D eigenvalue weighted by atomic mass is 10.1. The predicted molar refractivity (Wildman–Crippen MR) is 70.2 cm³/mol. The van der Waals surface area contributed by atoms with Gasteiger partial charge in [0.1, 0.15) is 0 Å². The molecule has 7 nitrogen and oxygen atoms in total. The molecule has 0 unspecified atom stereocenters. The Morgan fingerprint density at radius 2 is 2.18 bits per heavy atom. The third-order valence-corrected chi connectivity index (χ3v) is 2.25. The van der Waals surface area contributed by atoms with Crippen LogP contribution in [0.1, 0.15) is 22.8 Å². The molecule has 2 amide bonds. The fourth-order valence-electron chi connectivity index (χ4n) is 1.36. The quantitative estimate of drug-likeness (QED) is 0.636. The third kappa shape index (κ3) is 5.38. The summed E-state index contributed by atoms with van der Waals surface area (Å²) in [7, 11) is 0. The highest BCUT2D eigenvalue weighted by Crippen LogP contribution is 2.31. The lowest BCUT2D eigenvalue weighted by Gasteiger charge is -2.11. The minimum atomic E-state index is -4.66. The van der Waals surface area contributed by atoms with Crippen molar-refractivity contribution >= 4 is 18.2 Å². The number of ether oxygens (including phenoxy) is 1. The van der Waals surface area contributed by atoms with Gasteiger partial charge in [-0.05, 0) is 13.0 Å². The van der Waals surface area contributed by atoms with E-state index >= 15 is 0 Å². The molecule has 0 spiro atoms. The molecular weight excluding hydrogens is 305 g/mol. The first-order valence-electron chi connectivity index (χ1n) is 6.10. The number of carbonyl (C=O) groups excluding carboxylic acids is 2. The monoisotopic (exact) mass is 318 g/mol. The van der Waals surface area contributed by atoms with E-state index in [0.717, 1.165) is 18.6 Å². The second-order valence-corrected chi connectivity index (χ2v) is 3.77. The van der Waals surface area contributed by atoms with Gasteiger partial charge in [-0.2, -0.15) is 18.3 Å². The van der Waals surface area contributed by atoms with E-state index in [4.69, 9.17) is 0 Å². The SMILES string of the molecule is CCOC(=O)N/N=C/CNC(=O)c1cnccc1C(F)(F)F. The molecule has 0 aliphatic heterocycles. The Morgan fingerprint density at radius 1 is 1.45 bits per heavy atom. The first-order chi connectivity index (χ1) is 10.4. The molecular formula is C12H13F3N4O3. The number of hydrogen-bond acceptors (Lipinski definition) is 5. The zero-order valence-electron chi connectivity index (χ0n) is 11.5. The second-order valence-electron chi connectivity index (χ2n) is 3.77. The summed E-state index contributed by atoms with van der Waals surface area (Å²) in [6.07, 6.45) is -2.57. The van der Waals surface area contributed by atoms with Crippen LogP contribution >= 0.6 is 0 Å². The summed E-state index contributed by atoms with van der Waals surface area (Å²) in [5, 5.41) is 5.62. The molecule has 0 aromatic carbocycles. The minimum absolute atomic E-state index is 0.166. The van der Waals surface area contributed by atoms with Gasteiger partial charge in [-0.15, -0.1) is 0 Å². The van der Waals surface area contributed by atoms with Gasteiger partial charge >= 0.3 is 12.3 Å². The molecule has 1 aromatic heterocycles. The molecule has 10 heteroatoms. The molecule has 0 saturated carbocycles. The number of rotatable bonds is 5. The standard InChI is InChI=1S/C12H13F3N4O3/c1-2-22-11(21)19-18-6-5-17-10(20)8-7-16-4-3-9(8)12(13,14)15/h3-4,6-7H,2,5H2,1H3,(H,17,20)(H,19,21)/b18-6+. The molecule has 0 fully saturated rings. The number of alkyl halides is 3. The van der Waals surface area contributed by atoms with E-state index in [1.165, 1.54) is 0 Å². The topological polar surface area (TPSA) is 92.7 Å². The molecule has 2 N–H and O–H groups in total. The molecule has 1 aromatic rings. The van der Waals surface area contributed by atoms with Crippen LogP contribution in [0.2, 0.25) is 0 Å². The van der Waals surface area contributed by atoms with Crippen molar-refractivity contribution in [2.75, 3.05) is 13.2 Å². The molecule has 0 atom stereocenters. The van der Waals surface area contributed by atoms with E-state index in [1.54, 1.807) is 6.92 Å². The van der Waals surface area contributed by atoms with Gasteiger partial charge in [0.05, 0.1) is 24.3 Å². The number of hydrazone groups is 1. The minimum Gasteiger partial charge on any atom is -0.449 e. The van der Waals surface area contributed by atoms with Crippen molar-refractivity contribution in [3.05, 3.63) is 29.6 Å². The summed E-state index contributed by atoms with van der Waals surface area (Å²) in [5.41, 5.74) is 0.320. The van der Waals surface area contributed by atoms with Crippen molar-refractivity contribution in [3.8, 4) is 0 Å². The van der Waals surface area contributed by atoms with E-state index in [1.807, 2.05) is 5.43 Å². The first-order valence-corrected chi connectivity index (χ1v) is 6.10. The predicted octanol–water partition coefficient (Wildman–Crippen LogP) is 1.56. The second kappa shape index (κ2) is 7.96. The molecule has 1 rings (SSSR count). The van der Waals surface area contributed by atoms with E-state index in [-0.39, 0.29) is 13.2 Å². The average molecular weight is 318 g/mol. The average Bonchev–Trinajstić information content (AvgIpc) is 2.46. The smallest absolute Gasteiger partial charge is 0.427 e. The van der Waals surface area contributed by atoms with E-state index in [9.17, 15) is 22.8 Å². The highest BCUT2D eigenvalue weighted by Gasteiger charge is 2.35. The number of aromatic nitrogens is 1. The fourth-order valence-corrected chi connectivity index (χ4v) is 1.36. The summed E-state index contributed by atoms with van der Waals surface area (Å²) < 4.78 is 42.7. The van der Waals surface area contributed by atoms with Crippen LogP contribution in [0.15, 0.2) is 23.6 Å². The van der Waals surface area contributed by atoms with Gasteiger partial charge in [0.2, 0.25) is 0 Å². The number of carbonyl (C=O) groups is 2. The summed E-state index contributed by atoms with van der Waals surface area (Å²) in [6, 6.07) is 0.714. The van der Waals surface area contributed by atoms with Crippen molar-refractivity contribution in [2.24, 2.45) is 5.10 Å². The van der Waals surface area contributed by atoms with E-state index < -0.39 is 29.3 Å². The van der Waals surface area contributed by atoms with Crippen molar-refractivity contribution in [1.29, 1.82) is 0 Å². The van der Waals surface area contributed by atoms with Gasteiger partial charge in [0.15, 0.2) is 0 Å². The summed E-state index contributed by atoms with van der Waals surface area (Å²) in [4.78, 5) is 26.0. The molecule has 120 valence electrons. The van der Waals surface area contributed by atoms with Crippen molar-refractivity contribution in [1.82, 2.24) is 15.7 Å². The lowest BCUT2D eigenvalue weighted by Crippen LogP contribution is -2.28. The van der Waals surface area contributed by atoms with Crippen LogP contribution in [-0.2, 0) is 10.9 Å². The van der Waals surface area contributed by atoms with E-state index in [2.05, 4.69) is 20.1 Å². The normalized spacial score (nSPS) is 11.3. The summed E-state index contributed by atoms with van der Waals surface area (Å²) in [5.74, 6) is -0.956. The number of halogens is 3. The maximum absolute atomic E-state index is 12.7. The molecule has 0 bridgehead atoms. The van der Waals surface area contributed by atoms with Crippen molar-refractivity contribution < 1.29 is 27.5 Å². The molecule has 0 radical (unpaired) electrons. The van der Waals surface area contributed by atoms with Crippen LogP contribution in [0.4, 0.5) is 18.0 Å². The van der Waals surface area contributed by atoms with Gasteiger partial charge in [-0.1, -0.05) is 0 Å². The Labute approximate surface area is 123 Å². The molecule has 22 heavy (non-hydrogen) atoms. The number of amides is 2. The van der Waals surface area contributed by atoms with Gasteiger partial charge in [0.25, 0.3) is 5.91 Å². The summed E-state index contributed by atoms with van der Waals surface area (Å²) in [6.45, 7) is 1.59. The van der Waals surface area contributed by atoms with Crippen molar-refractivity contribution in [3.63, 3.8) is 0 Å². The van der Waals surface area contributed by atoms with Crippen LogP contribution in [-0.4, -0.2) is 36.4 Å². The Balaban J connectivity index is 2.57. The largest absolute Gasteiger partial charge is 0.449 e. The lowest BCUT2D eigenvalue weighted by molar-refractivity contribution is -0.138. The third-order valence-electron chi connectivity index (χ3n) is 2.25. The molecule has 1 heterocycles. The number of nitrogens with one attached hydrogen (secondary N) is 2. The Bertz CT molecular complexity index is 561.